The molecule has 1 aromatic carbocycles. The van der Waals surface area contributed by atoms with Crippen LogP contribution < -0.4 is 11.1 Å². The minimum absolute atomic E-state index is 0.223. The SMILES string of the molecule is Cc1cccc(SCC(C)(NC(C)C)C(N)=O)c1. The van der Waals surface area contributed by atoms with Crippen LogP contribution in [0.15, 0.2) is 29.2 Å². The molecule has 1 unspecified atom stereocenters. The maximum atomic E-state index is 11.6. The molecule has 0 aromatic heterocycles. The Kier molecular flexibility index (Phi) is 5.23. The summed E-state index contributed by atoms with van der Waals surface area (Å²) in [5.74, 6) is 0.320. The van der Waals surface area contributed by atoms with E-state index in [1.165, 1.54) is 5.56 Å². The summed E-state index contributed by atoms with van der Waals surface area (Å²) in [6.07, 6.45) is 0. The van der Waals surface area contributed by atoms with Crippen molar-refractivity contribution in [3.05, 3.63) is 29.8 Å². The number of aryl methyl sites for hydroxylation is 1. The monoisotopic (exact) mass is 266 g/mol. The predicted molar refractivity (Wildman–Crippen MR) is 77.8 cm³/mol. The molecular formula is C14H22N2OS. The minimum atomic E-state index is -0.678. The Morgan fingerprint density at radius 1 is 1.50 bits per heavy atom. The van der Waals surface area contributed by atoms with Gasteiger partial charge in [0.15, 0.2) is 0 Å². The second kappa shape index (κ2) is 6.25. The van der Waals surface area contributed by atoms with E-state index in [4.69, 9.17) is 5.73 Å². The third kappa shape index (κ3) is 4.35. The van der Waals surface area contributed by atoms with Crippen LogP contribution >= 0.6 is 11.8 Å². The lowest BCUT2D eigenvalue weighted by Crippen LogP contribution is -2.57. The van der Waals surface area contributed by atoms with Gasteiger partial charge in [-0.2, -0.15) is 0 Å². The normalized spacial score (nSPS) is 14.5. The molecule has 1 rings (SSSR count). The first kappa shape index (κ1) is 15.1. The van der Waals surface area contributed by atoms with Crippen molar-refractivity contribution < 1.29 is 4.79 Å². The standard InChI is InChI=1S/C14H22N2OS/c1-10(2)16-14(4,13(15)17)9-18-12-7-5-6-11(3)8-12/h5-8,10,16H,9H2,1-4H3,(H2,15,17). The summed E-state index contributed by atoms with van der Waals surface area (Å²) in [4.78, 5) is 12.8. The van der Waals surface area contributed by atoms with E-state index >= 15 is 0 Å². The van der Waals surface area contributed by atoms with Crippen LogP contribution in [0.5, 0.6) is 0 Å². The van der Waals surface area contributed by atoms with E-state index in [-0.39, 0.29) is 11.9 Å². The van der Waals surface area contributed by atoms with Crippen LogP contribution in [0.4, 0.5) is 0 Å². The van der Waals surface area contributed by atoms with Crippen molar-refractivity contribution in [2.45, 2.75) is 44.2 Å². The van der Waals surface area contributed by atoms with Gasteiger partial charge in [0.05, 0.1) is 0 Å². The quantitative estimate of drug-likeness (QED) is 0.777. The number of nitrogens with one attached hydrogen (secondary N) is 1. The lowest BCUT2D eigenvalue weighted by molar-refractivity contribution is -0.123. The second-order valence-electron chi connectivity index (χ2n) is 5.10. The highest BCUT2D eigenvalue weighted by Gasteiger charge is 2.31. The number of carbonyl (C=O) groups is 1. The van der Waals surface area contributed by atoms with Gasteiger partial charge in [-0.15, -0.1) is 11.8 Å². The van der Waals surface area contributed by atoms with Gasteiger partial charge >= 0.3 is 0 Å². The Labute approximate surface area is 114 Å². The van der Waals surface area contributed by atoms with Crippen LogP contribution in [0.3, 0.4) is 0 Å². The van der Waals surface area contributed by atoms with Crippen molar-refractivity contribution in [1.82, 2.24) is 5.32 Å². The maximum absolute atomic E-state index is 11.6. The fraction of sp³-hybridized carbons (Fsp3) is 0.500. The molecule has 1 atom stereocenters. The van der Waals surface area contributed by atoms with Gasteiger partial charge in [-0.3, -0.25) is 4.79 Å². The number of rotatable bonds is 6. The third-order valence-electron chi connectivity index (χ3n) is 2.67. The van der Waals surface area contributed by atoms with Crippen molar-refractivity contribution in [2.75, 3.05) is 5.75 Å². The average molecular weight is 266 g/mol. The summed E-state index contributed by atoms with van der Waals surface area (Å²) >= 11 is 1.65. The van der Waals surface area contributed by atoms with Crippen LogP contribution in [0.1, 0.15) is 26.3 Å². The average Bonchev–Trinajstić information content (AvgIpc) is 2.25. The molecule has 3 N–H and O–H groups in total. The fourth-order valence-corrected chi connectivity index (χ4v) is 2.88. The van der Waals surface area contributed by atoms with Crippen LogP contribution in [0, 0.1) is 6.92 Å². The summed E-state index contributed by atoms with van der Waals surface area (Å²) in [5, 5.41) is 3.25. The highest BCUT2D eigenvalue weighted by molar-refractivity contribution is 7.99. The molecule has 0 spiro atoms. The molecule has 18 heavy (non-hydrogen) atoms. The lowest BCUT2D eigenvalue weighted by Gasteiger charge is -2.29. The molecule has 3 nitrogen and oxygen atoms in total. The summed E-state index contributed by atoms with van der Waals surface area (Å²) in [6, 6.07) is 8.47. The Morgan fingerprint density at radius 2 is 2.17 bits per heavy atom. The first-order chi connectivity index (χ1) is 8.33. The summed E-state index contributed by atoms with van der Waals surface area (Å²) in [7, 11) is 0. The van der Waals surface area contributed by atoms with Crippen molar-refractivity contribution in [3.63, 3.8) is 0 Å². The number of primary amides is 1. The molecule has 4 heteroatoms. The van der Waals surface area contributed by atoms with Gasteiger partial charge in [0.1, 0.15) is 5.54 Å². The molecule has 0 heterocycles. The lowest BCUT2D eigenvalue weighted by atomic mass is 10.0. The van der Waals surface area contributed by atoms with E-state index in [9.17, 15) is 4.79 Å². The highest BCUT2D eigenvalue weighted by Crippen LogP contribution is 2.23. The number of nitrogens with two attached hydrogens (primary N) is 1. The van der Waals surface area contributed by atoms with Gasteiger partial charge in [-0.1, -0.05) is 17.7 Å². The fourth-order valence-electron chi connectivity index (χ4n) is 1.75. The molecule has 0 aliphatic rings. The number of hydrogen-bond acceptors (Lipinski definition) is 3. The van der Waals surface area contributed by atoms with Crippen molar-refractivity contribution >= 4 is 17.7 Å². The third-order valence-corrected chi connectivity index (χ3v) is 3.98. The zero-order chi connectivity index (χ0) is 13.8. The predicted octanol–water partition coefficient (Wildman–Crippen LogP) is 2.33. The largest absolute Gasteiger partial charge is 0.368 e. The van der Waals surface area contributed by atoms with Crippen molar-refractivity contribution in [1.29, 1.82) is 0 Å². The van der Waals surface area contributed by atoms with Crippen LogP contribution in [-0.2, 0) is 4.79 Å². The van der Waals surface area contributed by atoms with Gasteiger partial charge in [0.2, 0.25) is 5.91 Å². The van der Waals surface area contributed by atoms with Gasteiger partial charge in [-0.25, -0.2) is 0 Å². The Hall–Kier alpha value is -1.00. The molecule has 0 aliphatic carbocycles. The van der Waals surface area contributed by atoms with Crippen molar-refractivity contribution in [3.8, 4) is 0 Å². The molecule has 0 radical (unpaired) electrons. The second-order valence-corrected chi connectivity index (χ2v) is 6.15. The van der Waals surface area contributed by atoms with E-state index in [1.54, 1.807) is 11.8 Å². The van der Waals surface area contributed by atoms with Crippen LogP contribution in [0.2, 0.25) is 0 Å². The molecule has 1 amide bonds. The number of amides is 1. The Balaban J connectivity index is 2.71. The van der Waals surface area contributed by atoms with E-state index < -0.39 is 5.54 Å². The smallest absolute Gasteiger partial charge is 0.238 e. The van der Waals surface area contributed by atoms with Crippen molar-refractivity contribution in [2.24, 2.45) is 5.73 Å². The first-order valence-corrected chi connectivity index (χ1v) is 7.09. The summed E-state index contributed by atoms with van der Waals surface area (Å²) in [5.41, 5.74) is 6.04. The van der Waals surface area contributed by atoms with Crippen LogP contribution in [0.25, 0.3) is 0 Å². The molecule has 100 valence electrons. The van der Waals surface area contributed by atoms with Gasteiger partial charge < -0.3 is 11.1 Å². The van der Waals surface area contributed by atoms with E-state index in [0.717, 1.165) is 4.90 Å². The van der Waals surface area contributed by atoms with Crippen LogP contribution in [-0.4, -0.2) is 23.2 Å². The summed E-state index contributed by atoms with van der Waals surface area (Å²) < 4.78 is 0. The van der Waals surface area contributed by atoms with E-state index in [2.05, 4.69) is 30.4 Å². The summed E-state index contributed by atoms with van der Waals surface area (Å²) in [6.45, 7) is 7.94. The zero-order valence-electron chi connectivity index (χ0n) is 11.5. The minimum Gasteiger partial charge on any atom is -0.368 e. The number of carbonyl (C=O) groups excluding carboxylic acids is 1. The molecule has 0 fully saturated rings. The van der Waals surface area contributed by atoms with E-state index in [0.29, 0.717) is 5.75 Å². The maximum Gasteiger partial charge on any atom is 0.238 e. The highest BCUT2D eigenvalue weighted by atomic mass is 32.2. The van der Waals surface area contributed by atoms with E-state index in [1.807, 2.05) is 26.8 Å². The molecular weight excluding hydrogens is 244 g/mol. The molecule has 1 aromatic rings. The number of hydrogen-bond donors (Lipinski definition) is 2. The molecule has 0 saturated heterocycles. The Morgan fingerprint density at radius 3 is 2.67 bits per heavy atom. The number of thioether (sulfide) groups is 1. The number of benzene rings is 1. The van der Waals surface area contributed by atoms with Gasteiger partial charge in [0, 0.05) is 16.7 Å². The molecule has 0 saturated carbocycles. The molecule has 0 aliphatic heterocycles. The van der Waals surface area contributed by atoms with Gasteiger partial charge in [-0.05, 0) is 39.8 Å². The van der Waals surface area contributed by atoms with Gasteiger partial charge in [0.25, 0.3) is 0 Å². The first-order valence-electron chi connectivity index (χ1n) is 6.10. The Bertz CT molecular complexity index is 420. The zero-order valence-corrected chi connectivity index (χ0v) is 12.3. The molecule has 0 bridgehead atoms. The topological polar surface area (TPSA) is 55.1 Å².